The fourth-order valence-corrected chi connectivity index (χ4v) is 13.9. The van der Waals surface area contributed by atoms with Crippen LogP contribution in [0.15, 0.2) is 45.8 Å². The summed E-state index contributed by atoms with van der Waals surface area (Å²) in [6, 6.07) is 0. The third-order valence-corrected chi connectivity index (χ3v) is 26.9. The molecule has 10 nitrogen and oxygen atoms in total. The maximum Gasteiger partial charge on any atom is 0.436 e. The second-order valence-corrected chi connectivity index (χ2v) is 34.6. The molecule has 0 heterocycles. The Morgan fingerprint density at radius 3 is 1.46 bits per heavy atom. The van der Waals surface area contributed by atoms with Gasteiger partial charge in [0.25, 0.3) is 0 Å². The maximum absolute atomic E-state index is 13.0. The van der Waals surface area contributed by atoms with Crippen molar-refractivity contribution in [2.24, 2.45) is 44.8 Å². The largest absolute Gasteiger partial charge is 0.436 e. The quantitative estimate of drug-likeness (QED) is 0.0269. The predicted octanol–water partition coefficient (Wildman–Crippen LogP) is 15.4. The van der Waals surface area contributed by atoms with Gasteiger partial charge >= 0.3 is 19.9 Å². The third kappa shape index (κ3) is 16.5. The van der Waals surface area contributed by atoms with Crippen molar-refractivity contribution in [3.8, 4) is 0 Å². The average molecular weight is 1050 g/mol. The molecule has 0 aromatic carbocycles. The van der Waals surface area contributed by atoms with Gasteiger partial charge in [-0.3, -0.25) is 4.57 Å². The zero-order valence-electron chi connectivity index (χ0n) is 45.0. The van der Waals surface area contributed by atoms with Crippen molar-refractivity contribution >= 4 is 41.9 Å². The Balaban J connectivity index is 0.000000379. The molecule has 4 aliphatic rings. The van der Waals surface area contributed by atoms with E-state index in [0.29, 0.717) is 36.7 Å². The summed E-state index contributed by atoms with van der Waals surface area (Å²) >= 11 is 0. The molecule has 0 aromatic rings. The minimum Gasteiger partial charge on any atom is -0.414 e. The normalized spacial score (nSPS) is 27.2. The minimum absolute atomic E-state index is 0.0615. The Kier molecular flexibility index (Phi) is 22.6. The van der Waals surface area contributed by atoms with Crippen molar-refractivity contribution in [3.63, 3.8) is 0 Å². The molecule has 2 saturated carbocycles. The van der Waals surface area contributed by atoms with Gasteiger partial charge in [-0.1, -0.05) is 122 Å². The molecule has 2 unspecified atom stereocenters. The standard InChI is InChI=1S/C24H40F3NO2Si.C20H36O2Si.C6H11F3NO4P/c1-17(11-9-13-21(28-29-6)24(25,26)27)18-14-15-19-20(12-10-16-23(18,19)5)30-31(7,8)22(2,3)4;1-15(12-14-21)16-10-11-17-18(9-8-13-20(16,17)5)22-23(6,7)19(2,3)4;1-12-10-5(6(7,8)9)4-15(11,13-2)14-3/h9,13-14,17,19-20H,10-12,15-16H2,1-8H3;10,14-15,17-18H,8-9,11-13H2,1-7H3;4H2,1-3H3/b13-9+,28-21+;;10-5+/t17-,19+,20?,23-;15-,17+,18?,20-;/m11./s1. The molecule has 0 bridgehead atoms. The average Bonchev–Trinajstić information content (AvgIpc) is 3.77. The zero-order chi connectivity index (χ0) is 53.2. The van der Waals surface area contributed by atoms with Crippen LogP contribution in [0, 0.1) is 34.5 Å². The molecule has 4 rings (SSSR count). The predicted molar refractivity (Wildman–Crippen MR) is 271 cm³/mol. The smallest absolute Gasteiger partial charge is 0.414 e. The number of oxime groups is 2. The van der Waals surface area contributed by atoms with Crippen molar-refractivity contribution in [2.45, 2.75) is 194 Å². The van der Waals surface area contributed by atoms with Crippen LogP contribution < -0.4 is 0 Å². The second kappa shape index (κ2) is 24.8. The van der Waals surface area contributed by atoms with Crippen LogP contribution in [-0.4, -0.2) is 93.5 Å². The fraction of sp³-hybridized carbons (Fsp3) is 0.820. The number of halogens is 6. The van der Waals surface area contributed by atoms with Crippen LogP contribution in [0.1, 0.15) is 133 Å². The lowest BCUT2D eigenvalue weighted by Crippen LogP contribution is -2.49. The summed E-state index contributed by atoms with van der Waals surface area (Å²) in [4.78, 5) is 19.3. The van der Waals surface area contributed by atoms with E-state index in [4.69, 9.17) is 8.85 Å². The molecule has 0 spiro atoms. The van der Waals surface area contributed by atoms with Crippen LogP contribution >= 0.6 is 7.60 Å². The number of carbonyl (C=O) groups excluding carboxylic acids is 1. The number of hydrogen-bond acceptors (Lipinski definition) is 10. The Morgan fingerprint density at radius 2 is 1.13 bits per heavy atom. The van der Waals surface area contributed by atoms with Gasteiger partial charge < -0.3 is 32.4 Å². The number of hydrogen-bond donors (Lipinski definition) is 0. The van der Waals surface area contributed by atoms with Gasteiger partial charge in [0.2, 0.25) is 0 Å². The molecule has 0 radical (unpaired) electrons. The molecule has 4 aliphatic carbocycles. The lowest BCUT2D eigenvalue weighted by Gasteiger charge is -2.49. The summed E-state index contributed by atoms with van der Waals surface area (Å²) in [5.41, 5.74) is 0.852. The monoisotopic (exact) mass is 1040 g/mol. The number of carbonyl (C=O) groups is 1. The molecule has 19 heteroatoms. The number of fused-ring (bicyclic) bond motifs is 2. The molecular formula is C50H87F6N2O8PSi2. The van der Waals surface area contributed by atoms with Crippen molar-refractivity contribution < 1.29 is 63.3 Å². The summed E-state index contributed by atoms with van der Waals surface area (Å²) in [5, 5.41) is 6.28. The summed E-state index contributed by atoms with van der Waals surface area (Å²) in [6.45, 7) is 32.3. The van der Waals surface area contributed by atoms with Gasteiger partial charge in [-0.2, -0.15) is 26.3 Å². The number of rotatable bonds is 17. The van der Waals surface area contributed by atoms with Crippen molar-refractivity contribution in [2.75, 3.05) is 34.6 Å². The molecule has 0 amide bonds. The third-order valence-electron chi connectivity index (χ3n) is 16.1. The topological polar surface area (TPSA) is 114 Å². The van der Waals surface area contributed by atoms with Gasteiger partial charge in [-0.05, 0) is 122 Å². The van der Waals surface area contributed by atoms with Gasteiger partial charge in [0, 0.05) is 32.8 Å². The van der Waals surface area contributed by atoms with E-state index in [-0.39, 0.29) is 32.9 Å². The van der Waals surface area contributed by atoms with Crippen molar-refractivity contribution in [1.29, 1.82) is 0 Å². The first kappa shape index (κ1) is 63.0. The fourth-order valence-electron chi connectivity index (χ4n) is 10.1. The van der Waals surface area contributed by atoms with E-state index >= 15 is 0 Å². The van der Waals surface area contributed by atoms with Crippen LogP contribution in [0.25, 0.3) is 0 Å². The number of allylic oxidation sites excluding steroid dienone is 6. The molecular weight excluding hydrogens is 958 g/mol. The number of alkyl halides is 6. The van der Waals surface area contributed by atoms with Gasteiger partial charge in [0.1, 0.15) is 26.7 Å². The van der Waals surface area contributed by atoms with E-state index in [1.54, 1.807) is 6.08 Å². The molecule has 2 fully saturated rings. The summed E-state index contributed by atoms with van der Waals surface area (Å²) in [7, 11) is -3.32. The molecule has 400 valence electrons. The highest BCUT2D eigenvalue weighted by Gasteiger charge is 2.53. The van der Waals surface area contributed by atoms with Crippen molar-refractivity contribution in [3.05, 3.63) is 35.5 Å². The first-order valence-corrected chi connectivity index (χ1v) is 31.9. The molecule has 0 saturated heterocycles. The number of nitrogens with zero attached hydrogens (tertiary/aromatic N) is 2. The Hall–Kier alpha value is -2.09. The van der Waals surface area contributed by atoms with Gasteiger partial charge in [0.05, 0.1) is 0 Å². The molecule has 8 atom stereocenters. The second-order valence-electron chi connectivity index (χ2n) is 22.8. The van der Waals surface area contributed by atoms with Crippen LogP contribution in [0.3, 0.4) is 0 Å². The van der Waals surface area contributed by atoms with Gasteiger partial charge in [-0.25, -0.2) is 0 Å². The molecule has 0 aliphatic heterocycles. The van der Waals surface area contributed by atoms with E-state index in [9.17, 15) is 35.7 Å². The van der Waals surface area contributed by atoms with Gasteiger partial charge in [-0.15, -0.1) is 0 Å². The minimum atomic E-state index is -4.73. The summed E-state index contributed by atoms with van der Waals surface area (Å²) < 4.78 is 110. The zero-order valence-corrected chi connectivity index (χ0v) is 47.9. The van der Waals surface area contributed by atoms with Crippen molar-refractivity contribution in [1.82, 2.24) is 0 Å². The molecule has 69 heavy (non-hydrogen) atoms. The summed E-state index contributed by atoms with van der Waals surface area (Å²) in [5.74, 6) is 1.62. The Labute approximate surface area is 413 Å². The van der Waals surface area contributed by atoms with Crippen LogP contribution in [-0.2, 0) is 36.9 Å². The lowest BCUT2D eigenvalue weighted by molar-refractivity contribution is -0.108. The van der Waals surface area contributed by atoms with Gasteiger partial charge in [0.15, 0.2) is 28.1 Å². The van der Waals surface area contributed by atoms with Crippen LogP contribution in [0.5, 0.6) is 0 Å². The summed E-state index contributed by atoms with van der Waals surface area (Å²) in [6.07, 6.45) is 9.26. The first-order chi connectivity index (χ1) is 31.4. The highest BCUT2D eigenvalue weighted by molar-refractivity contribution is 7.54. The van der Waals surface area contributed by atoms with Crippen LogP contribution in [0.2, 0.25) is 36.3 Å². The van der Waals surface area contributed by atoms with E-state index in [1.165, 1.54) is 30.4 Å². The highest BCUT2D eigenvalue weighted by atomic mass is 31.2. The van der Waals surface area contributed by atoms with E-state index in [1.807, 2.05) is 0 Å². The Bertz CT molecular complexity index is 1880. The highest BCUT2D eigenvalue weighted by Crippen LogP contribution is 2.58. The van der Waals surface area contributed by atoms with E-state index in [0.717, 1.165) is 72.9 Å². The molecule has 0 aromatic heterocycles. The Morgan fingerprint density at radius 1 is 0.725 bits per heavy atom. The van der Waals surface area contributed by atoms with Crippen LogP contribution in [0.4, 0.5) is 26.3 Å². The number of aldehydes is 1. The molecule has 0 N–H and O–H groups in total. The maximum atomic E-state index is 13.0. The first-order valence-electron chi connectivity index (χ1n) is 24.4. The van der Waals surface area contributed by atoms with E-state index in [2.05, 4.69) is 137 Å². The lowest BCUT2D eigenvalue weighted by atomic mass is 9.63. The van der Waals surface area contributed by atoms with E-state index < -0.39 is 54.2 Å². The SMILES string of the molecule is CO/N=C(\C=C\C[C@@H](C)C1=CC[C@H]2C(O[Si](C)(C)C(C)(C)C)CCC[C@]12C)C(F)(F)F.CO/N=C(\CP(=O)(OC)OC)C(F)(F)F.C[C@H](CC=O)C1=CC[C@H]2C(O[Si](C)(C)C(C)(C)C)CCC[C@]12C.